The minimum absolute atomic E-state index is 0.358. The first-order valence-corrected chi connectivity index (χ1v) is 11.8. The Morgan fingerprint density at radius 2 is 1.62 bits per heavy atom. The summed E-state index contributed by atoms with van der Waals surface area (Å²) in [7, 11) is 3.83. The van der Waals surface area contributed by atoms with Crippen molar-refractivity contribution in [2.75, 3.05) is 78.0 Å². The normalized spacial score (nSPS) is 18.8. The van der Waals surface area contributed by atoms with Crippen molar-refractivity contribution in [2.24, 2.45) is 0 Å². The lowest BCUT2D eigenvalue weighted by Crippen LogP contribution is -2.45. The SMILES string of the molecule is COc1ccc([N-]N2CCN(CCc3ccccc3C(F)(F)F)CC2)cc1N1CCN(C)CC1. The second kappa shape index (κ2) is 10.8. The van der Waals surface area contributed by atoms with Crippen LogP contribution in [0.5, 0.6) is 5.75 Å². The molecule has 0 bridgehead atoms. The Labute approximate surface area is 199 Å². The van der Waals surface area contributed by atoms with Gasteiger partial charge in [0.1, 0.15) is 5.75 Å². The van der Waals surface area contributed by atoms with Crippen LogP contribution in [-0.4, -0.2) is 87.9 Å². The average molecular weight is 477 g/mol. The molecule has 2 fully saturated rings. The van der Waals surface area contributed by atoms with Gasteiger partial charge in [0.25, 0.3) is 0 Å². The molecule has 0 aromatic heterocycles. The van der Waals surface area contributed by atoms with Crippen LogP contribution in [-0.2, 0) is 12.6 Å². The van der Waals surface area contributed by atoms with Crippen LogP contribution in [0.15, 0.2) is 42.5 Å². The predicted octanol–water partition coefficient (Wildman–Crippen LogP) is 4.25. The lowest BCUT2D eigenvalue weighted by Gasteiger charge is -2.45. The molecule has 9 heteroatoms. The zero-order chi connectivity index (χ0) is 24.1. The highest BCUT2D eigenvalue weighted by Crippen LogP contribution is 2.36. The highest BCUT2D eigenvalue weighted by Gasteiger charge is 2.32. The molecule has 34 heavy (non-hydrogen) atoms. The third-order valence-electron chi connectivity index (χ3n) is 6.63. The van der Waals surface area contributed by atoms with Gasteiger partial charge in [0, 0.05) is 45.8 Å². The van der Waals surface area contributed by atoms with Gasteiger partial charge in [0.15, 0.2) is 0 Å². The smallest absolute Gasteiger partial charge is 0.416 e. The quantitative estimate of drug-likeness (QED) is 0.597. The molecule has 2 saturated heterocycles. The van der Waals surface area contributed by atoms with E-state index in [0.29, 0.717) is 18.5 Å². The molecular weight excluding hydrogens is 443 g/mol. The number of halogens is 3. The van der Waals surface area contributed by atoms with Crippen molar-refractivity contribution in [2.45, 2.75) is 12.6 Å². The van der Waals surface area contributed by atoms with E-state index in [-0.39, 0.29) is 0 Å². The highest BCUT2D eigenvalue weighted by molar-refractivity contribution is 5.67. The molecule has 0 radical (unpaired) electrons. The fraction of sp³-hybridized carbons (Fsp3) is 0.520. The molecule has 0 amide bonds. The van der Waals surface area contributed by atoms with Crippen LogP contribution in [0, 0.1) is 0 Å². The summed E-state index contributed by atoms with van der Waals surface area (Å²) in [4.78, 5) is 6.87. The second-order valence-electron chi connectivity index (χ2n) is 8.95. The fourth-order valence-corrected chi connectivity index (χ4v) is 4.55. The Hall–Kier alpha value is -2.49. The van der Waals surface area contributed by atoms with Gasteiger partial charge in [-0.1, -0.05) is 24.3 Å². The van der Waals surface area contributed by atoms with E-state index in [4.69, 9.17) is 10.2 Å². The zero-order valence-electron chi connectivity index (χ0n) is 19.9. The summed E-state index contributed by atoms with van der Waals surface area (Å²) in [5.41, 5.74) is 6.62. The van der Waals surface area contributed by atoms with Crippen molar-refractivity contribution < 1.29 is 17.9 Å². The molecule has 2 aliphatic heterocycles. The summed E-state index contributed by atoms with van der Waals surface area (Å²) < 4.78 is 45.3. The summed E-state index contributed by atoms with van der Waals surface area (Å²) in [6, 6.07) is 11.9. The maximum atomic E-state index is 13.2. The Bertz CT molecular complexity index is 938. The van der Waals surface area contributed by atoms with Crippen LogP contribution in [0.2, 0.25) is 0 Å². The van der Waals surface area contributed by atoms with Crippen molar-refractivity contribution in [1.82, 2.24) is 14.8 Å². The number of hydrogen-bond acceptors (Lipinski definition) is 5. The van der Waals surface area contributed by atoms with E-state index in [2.05, 4.69) is 32.8 Å². The molecule has 0 unspecified atom stereocenters. The van der Waals surface area contributed by atoms with E-state index >= 15 is 0 Å². The number of rotatable bonds is 7. The minimum atomic E-state index is -4.31. The van der Waals surface area contributed by atoms with Gasteiger partial charge in [-0.25, -0.2) is 0 Å². The van der Waals surface area contributed by atoms with Crippen molar-refractivity contribution in [3.8, 4) is 5.75 Å². The monoisotopic (exact) mass is 476 g/mol. The largest absolute Gasteiger partial charge is 0.620 e. The molecule has 2 aromatic rings. The molecule has 4 rings (SSSR count). The molecule has 0 spiro atoms. The summed E-state index contributed by atoms with van der Waals surface area (Å²) >= 11 is 0. The third kappa shape index (κ3) is 6.14. The molecule has 0 aliphatic carbocycles. The van der Waals surface area contributed by atoms with E-state index in [0.717, 1.165) is 75.5 Å². The van der Waals surface area contributed by atoms with Gasteiger partial charge >= 0.3 is 6.18 Å². The number of likely N-dealkylation sites (N-methyl/N-ethyl adjacent to an activating group) is 1. The van der Waals surface area contributed by atoms with E-state index in [9.17, 15) is 13.2 Å². The molecule has 0 atom stereocenters. The molecule has 6 nitrogen and oxygen atoms in total. The van der Waals surface area contributed by atoms with E-state index in [1.807, 2.05) is 12.1 Å². The van der Waals surface area contributed by atoms with Crippen molar-refractivity contribution >= 4 is 11.4 Å². The zero-order valence-corrected chi connectivity index (χ0v) is 19.9. The maximum Gasteiger partial charge on any atom is 0.416 e. The molecule has 2 aromatic carbocycles. The van der Waals surface area contributed by atoms with Crippen LogP contribution in [0.4, 0.5) is 24.5 Å². The molecular formula is C25H33F3N5O-. The lowest BCUT2D eigenvalue weighted by atomic mass is 10.0. The van der Waals surface area contributed by atoms with Crippen LogP contribution >= 0.6 is 0 Å². The minimum Gasteiger partial charge on any atom is -0.620 e. The Morgan fingerprint density at radius 3 is 2.29 bits per heavy atom. The van der Waals surface area contributed by atoms with Crippen molar-refractivity contribution in [3.05, 3.63) is 59.0 Å². The number of piperazine rings is 2. The number of nitrogens with zero attached hydrogens (tertiary/aromatic N) is 5. The Balaban J connectivity index is 1.30. The van der Waals surface area contributed by atoms with Gasteiger partial charge in [-0.05, 0) is 50.3 Å². The molecule has 0 saturated carbocycles. The molecule has 2 aliphatic rings. The molecule has 186 valence electrons. The Kier molecular flexibility index (Phi) is 7.85. The first-order valence-electron chi connectivity index (χ1n) is 11.8. The van der Waals surface area contributed by atoms with Gasteiger partial charge in [-0.2, -0.15) is 13.2 Å². The van der Waals surface area contributed by atoms with Gasteiger partial charge < -0.3 is 29.9 Å². The third-order valence-corrected chi connectivity index (χ3v) is 6.63. The van der Waals surface area contributed by atoms with Gasteiger partial charge in [-0.15, -0.1) is 5.69 Å². The maximum absolute atomic E-state index is 13.2. The summed E-state index contributed by atoms with van der Waals surface area (Å²) in [5, 5.41) is 2.05. The van der Waals surface area contributed by atoms with Gasteiger partial charge in [-0.3, -0.25) is 0 Å². The fourth-order valence-electron chi connectivity index (χ4n) is 4.55. The van der Waals surface area contributed by atoms with Gasteiger partial charge in [0.05, 0.1) is 18.4 Å². The lowest BCUT2D eigenvalue weighted by molar-refractivity contribution is -0.138. The molecule has 0 N–H and O–H groups in total. The van der Waals surface area contributed by atoms with Gasteiger partial charge in [0.2, 0.25) is 0 Å². The predicted molar refractivity (Wildman–Crippen MR) is 129 cm³/mol. The van der Waals surface area contributed by atoms with Crippen LogP contribution in [0.1, 0.15) is 11.1 Å². The number of benzene rings is 2. The van der Waals surface area contributed by atoms with E-state index in [1.165, 1.54) is 6.07 Å². The molecule has 2 heterocycles. The number of methoxy groups -OCH3 is 1. The first kappa shape index (κ1) is 24.6. The van der Waals surface area contributed by atoms with Crippen LogP contribution in [0.25, 0.3) is 5.43 Å². The average Bonchev–Trinajstić information content (AvgIpc) is 2.84. The second-order valence-corrected chi connectivity index (χ2v) is 8.95. The first-order chi connectivity index (χ1) is 16.3. The van der Waals surface area contributed by atoms with Crippen molar-refractivity contribution in [1.29, 1.82) is 0 Å². The van der Waals surface area contributed by atoms with E-state index in [1.54, 1.807) is 19.2 Å². The van der Waals surface area contributed by atoms with Crippen LogP contribution in [0.3, 0.4) is 0 Å². The topological polar surface area (TPSA) is 36.3 Å². The number of alkyl halides is 3. The number of hydrogen-bond donors (Lipinski definition) is 0. The summed E-state index contributed by atoms with van der Waals surface area (Å²) in [5.74, 6) is 0.854. The standard InChI is InChI=1S/C25H33F3N5O/c1-30-11-15-32(16-12-30)23-19-21(7-8-24(23)34-2)29-33-17-13-31(14-18-33)10-9-20-5-3-4-6-22(20)25(26,27)28/h3-8,19H,9-18H2,1-2H3/q-1. The number of ether oxygens (including phenoxy) is 1. The highest BCUT2D eigenvalue weighted by atomic mass is 19.4. The number of anilines is 1. The van der Waals surface area contributed by atoms with Crippen LogP contribution < -0.4 is 9.64 Å². The summed E-state index contributed by atoms with van der Waals surface area (Å²) in [6.07, 6.45) is -3.92. The van der Waals surface area contributed by atoms with Crippen molar-refractivity contribution in [3.63, 3.8) is 0 Å². The Morgan fingerprint density at radius 1 is 0.912 bits per heavy atom. The van der Waals surface area contributed by atoms with E-state index < -0.39 is 11.7 Å². The summed E-state index contributed by atoms with van der Waals surface area (Å²) in [6.45, 7) is 7.59.